The largest absolute Gasteiger partial charge is 0.497 e. The van der Waals surface area contributed by atoms with Crippen molar-refractivity contribution in [1.82, 2.24) is 20.0 Å². The van der Waals surface area contributed by atoms with E-state index in [1.807, 2.05) is 6.92 Å². The van der Waals surface area contributed by atoms with Gasteiger partial charge in [-0.3, -0.25) is 19.3 Å². The summed E-state index contributed by atoms with van der Waals surface area (Å²) in [7, 11) is 1.57. The van der Waals surface area contributed by atoms with Crippen molar-refractivity contribution < 1.29 is 23.9 Å². The van der Waals surface area contributed by atoms with Gasteiger partial charge in [-0.2, -0.15) is 0 Å². The number of amides is 5. The Morgan fingerprint density at radius 3 is 2.34 bits per heavy atom. The third-order valence-corrected chi connectivity index (χ3v) is 7.05. The number of ether oxygens (including phenoxy) is 1. The standard InChI is InChI=1S/C23H30N4O5/c1-16-5-3-4-10-23(16)21(30)27(22(31)24-23)15-19(28)25-11-13-26(14-12-25)20(29)17-6-8-18(32-2)9-7-17/h6-9,16H,3-5,10-15H2,1-2H3,(H,24,31)/t16-,23+/m1/s1. The van der Waals surface area contributed by atoms with Crippen LogP contribution < -0.4 is 10.1 Å². The Bertz CT molecular complexity index is 909. The maximum Gasteiger partial charge on any atom is 0.325 e. The molecular formula is C23H30N4O5. The summed E-state index contributed by atoms with van der Waals surface area (Å²) in [4.78, 5) is 55.6. The van der Waals surface area contributed by atoms with Crippen LogP contribution in [0.1, 0.15) is 43.0 Å². The molecule has 5 amide bonds. The summed E-state index contributed by atoms with van der Waals surface area (Å²) in [6, 6.07) is 6.44. The minimum atomic E-state index is -0.862. The molecule has 9 heteroatoms. The average molecular weight is 443 g/mol. The fraction of sp³-hybridized carbons (Fsp3) is 0.565. The highest BCUT2D eigenvalue weighted by atomic mass is 16.5. The molecule has 1 saturated carbocycles. The van der Waals surface area contributed by atoms with E-state index >= 15 is 0 Å². The zero-order chi connectivity index (χ0) is 22.9. The van der Waals surface area contributed by atoms with E-state index in [1.54, 1.807) is 41.2 Å². The first kappa shape index (κ1) is 22.1. The second-order valence-corrected chi connectivity index (χ2v) is 8.84. The summed E-state index contributed by atoms with van der Waals surface area (Å²) in [5.74, 6) is 0.0891. The number of hydrogen-bond acceptors (Lipinski definition) is 5. The lowest BCUT2D eigenvalue weighted by Gasteiger charge is -2.37. The van der Waals surface area contributed by atoms with Crippen LogP contribution in [0.2, 0.25) is 0 Å². The quantitative estimate of drug-likeness (QED) is 0.712. The van der Waals surface area contributed by atoms with Crippen molar-refractivity contribution in [1.29, 1.82) is 0 Å². The number of hydrogen-bond donors (Lipinski definition) is 1. The maximum atomic E-state index is 13.1. The number of imide groups is 1. The molecule has 1 aliphatic carbocycles. The lowest BCUT2D eigenvalue weighted by atomic mass is 9.73. The summed E-state index contributed by atoms with van der Waals surface area (Å²) < 4.78 is 5.12. The van der Waals surface area contributed by atoms with E-state index in [0.29, 0.717) is 43.9 Å². The SMILES string of the molecule is COc1ccc(C(=O)N2CCN(C(=O)CN3C(=O)N[C@]4(CCCC[C@H]4C)C3=O)CC2)cc1. The summed E-state index contributed by atoms with van der Waals surface area (Å²) in [6.45, 7) is 3.26. The van der Waals surface area contributed by atoms with E-state index in [-0.39, 0.29) is 30.2 Å². The third kappa shape index (κ3) is 3.91. The normalized spacial score (nSPS) is 25.8. The molecule has 0 aromatic heterocycles. The second kappa shape index (κ2) is 8.80. The van der Waals surface area contributed by atoms with Gasteiger partial charge in [0.1, 0.15) is 17.8 Å². The first-order valence-electron chi connectivity index (χ1n) is 11.2. The number of methoxy groups -OCH3 is 1. The number of piperazine rings is 1. The van der Waals surface area contributed by atoms with Crippen LogP contribution in [0.4, 0.5) is 4.79 Å². The summed E-state index contributed by atoms with van der Waals surface area (Å²) in [5.41, 5.74) is -0.296. The number of rotatable bonds is 4. The number of nitrogens with zero attached hydrogens (tertiary/aromatic N) is 3. The van der Waals surface area contributed by atoms with Crippen LogP contribution >= 0.6 is 0 Å². The minimum absolute atomic E-state index is 0.0558. The second-order valence-electron chi connectivity index (χ2n) is 8.84. The summed E-state index contributed by atoms with van der Waals surface area (Å²) in [6.07, 6.45) is 3.44. The lowest BCUT2D eigenvalue weighted by molar-refractivity contribution is -0.141. The van der Waals surface area contributed by atoms with Gasteiger partial charge < -0.3 is 19.9 Å². The molecule has 9 nitrogen and oxygen atoms in total. The monoisotopic (exact) mass is 442 g/mol. The molecule has 1 N–H and O–H groups in total. The molecule has 1 aromatic carbocycles. The van der Waals surface area contributed by atoms with Crippen LogP contribution in [0.15, 0.2) is 24.3 Å². The Morgan fingerprint density at radius 1 is 1.06 bits per heavy atom. The fourth-order valence-electron chi connectivity index (χ4n) is 4.95. The molecule has 0 unspecified atom stereocenters. The number of carbonyl (C=O) groups is 4. The zero-order valence-corrected chi connectivity index (χ0v) is 18.6. The predicted octanol–water partition coefficient (Wildman–Crippen LogP) is 1.48. The molecule has 3 fully saturated rings. The van der Waals surface area contributed by atoms with Crippen molar-refractivity contribution in [2.24, 2.45) is 5.92 Å². The minimum Gasteiger partial charge on any atom is -0.497 e. The van der Waals surface area contributed by atoms with E-state index in [0.717, 1.165) is 24.2 Å². The number of benzene rings is 1. The molecule has 3 aliphatic rings. The van der Waals surface area contributed by atoms with Crippen molar-refractivity contribution in [3.63, 3.8) is 0 Å². The molecule has 2 aliphatic heterocycles. The molecule has 2 atom stereocenters. The predicted molar refractivity (Wildman–Crippen MR) is 116 cm³/mol. The van der Waals surface area contributed by atoms with E-state index in [1.165, 1.54) is 0 Å². The van der Waals surface area contributed by atoms with Crippen LogP contribution in [-0.4, -0.2) is 83.8 Å². The maximum absolute atomic E-state index is 13.1. The molecule has 4 rings (SSSR count). The van der Waals surface area contributed by atoms with Gasteiger partial charge in [0, 0.05) is 31.7 Å². The smallest absolute Gasteiger partial charge is 0.325 e. The van der Waals surface area contributed by atoms with Crippen molar-refractivity contribution in [3.8, 4) is 5.75 Å². The van der Waals surface area contributed by atoms with Gasteiger partial charge >= 0.3 is 6.03 Å². The average Bonchev–Trinajstić information content (AvgIpc) is 3.05. The van der Waals surface area contributed by atoms with Crippen molar-refractivity contribution in [2.45, 2.75) is 38.1 Å². The van der Waals surface area contributed by atoms with Crippen LogP contribution in [0, 0.1) is 5.92 Å². The van der Waals surface area contributed by atoms with Gasteiger partial charge in [-0.25, -0.2) is 4.79 Å². The molecule has 172 valence electrons. The third-order valence-electron chi connectivity index (χ3n) is 7.05. The molecular weight excluding hydrogens is 412 g/mol. The lowest BCUT2D eigenvalue weighted by Crippen LogP contribution is -2.55. The first-order valence-corrected chi connectivity index (χ1v) is 11.2. The van der Waals surface area contributed by atoms with Crippen molar-refractivity contribution >= 4 is 23.8 Å². The van der Waals surface area contributed by atoms with Crippen molar-refractivity contribution in [2.75, 3.05) is 39.8 Å². The number of carbonyl (C=O) groups excluding carboxylic acids is 4. The summed E-state index contributed by atoms with van der Waals surface area (Å²) >= 11 is 0. The van der Waals surface area contributed by atoms with Gasteiger partial charge in [0.25, 0.3) is 11.8 Å². The topological polar surface area (TPSA) is 99.3 Å². The van der Waals surface area contributed by atoms with Gasteiger partial charge in [0.2, 0.25) is 5.91 Å². The van der Waals surface area contributed by atoms with Gasteiger partial charge in [-0.1, -0.05) is 19.8 Å². The van der Waals surface area contributed by atoms with Crippen molar-refractivity contribution in [3.05, 3.63) is 29.8 Å². The Morgan fingerprint density at radius 2 is 1.72 bits per heavy atom. The van der Waals surface area contributed by atoms with E-state index < -0.39 is 11.6 Å². The van der Waals surface area contributed by atoms with Crippen LogP contribution in [0.5, 0.6) is 5.75 Å². The van der Waals surface area contributed by atoms with Crippen LogP contribution in [0.25, 0.3) is 0 Å². The highest BCUT2D eigenvalue weighted by molar-refractivity contribution is 6.09. The number of urea groups is 1. The van der Waals surface area contributed by atoms with E-state index in [4.69, 9.17) is 4.74 Å². The van der Waals surface area contributed by atoms with Gasteiger partial charge in [-0.05, 0) is 43.0 Å². The molecule has 32 heavy (non-hydrogen) atoms. The Kier molecular flexibility index (Phi) is 6.08. The molecule has 2 heterocycles. The number of nitrogens with one attached hydrogen (secondary N) is 1. The molecule has 0 bridgehead atoms. The van der Waals surface area contributed by atoms with Gasteiger partial charge in [0.15, 0.2) is 0 Å². The van der Waals surface area contributed by atoms with E-state index in [9.17, 15) is 19.2 Å². The Hall–Kier alpha value is -3.10. The first-order chi connectivity index (χ1) is 15.4. The molecule has 2 saturated heterocycles. The van der Waals surface area contributed by atoms with E-state index in [2.05, 4.69) is 5.32 Å². The Labute approximate surface area is 187 Å². The van der Waals surface area contributed by atoms with Gasteiger partial charge in [0.05, 0.1) is 7.11 Å². The Balaban J connectivity index is 1.33. The molecule has 1 spiro atoms. The molecule has 1 aromatic rings. The molecule has 0 radical (unpaired) electrons. The van der Waals surface area contributed by atoms with Crippen LogP contribution in [-0.2, 0) is 9.59 Å². The zero-order valence-electron chi connectivity index (χ0n) is 18.6. The highest BCUT2D eigenvalue weighted by Crippen LogP contribution is 2.38. The summed E-state index contributed by atoms with van der Waals surface area (Å²) in [5, 5.41) is 2.88. The highest BCUT2D eigenvalue weighted by Gasteiger charge is 2.55. The van der Waals surface area contributed by atoms with Crippen LogP contribution in [0.3, 0.4) is 0 Å². The fourth-order valence-corrected chi connectivity index (χ4v) is 4.95. The van der Waals surface area contributed by atoms with Gasteiger partial charge in [-0.15, -0.1) is 0 Å².